The molecule has 0 spiro atoms. The molecule has 2 nitrogen and oxygen atoms in total. The van der Waals surface area contributed by atoms with Crippen LogP contribution >= 0.6 is 0 Å². The second-order valence-corrected chi connectivity index (χ2v) is 1.86. The van der Waals surface area contributed by atoms with Crippen LogP contribution in [0, 0.1) is 0 Å². The number of nitrogens with one attached hydrogen (secondary N) is 1. The summed E-state index contributed by atoms with van der Waals surface area (Å²) in [5.74, 6) is -4.73. The Morgan fingerprint density at radius 3 is 1.82 bits per heavy atom. The van der Waals surface area contributed by atoms with Crippen LogP contribution in [-0.2, 0) is 0 Å². The summed E-state index contributed by atoms with van der Waals surface area (Å²) >= 11 is 0. The zero-order valence-electron chi connectivity index (χ0n) is 5.25. The molecule has 0 bridgehead atoms. The fourth-order valence-electron chi connectivity index (χ4n) is 0.355. The maximum Gasteiger partial charge on any atom is 0.453 e. The van der Waals surface area contributed by atoms with Gasteiger partial charge < -0.3 is 5.21 Å². The van der Waals surface area contributed by atoms with Gasteiger partial charge in [-0.25, -0.2) is 5.48 Å². The number of hydrogen-bond acceptors (Lipinski definition) is 2. The van der Waals surface area contributed by atoms with Crippen LogP contribution in [0.5, 0.6) is 0 Å². The van der Waals surface area contributed by atoms with Gasteiger partial charge in [-0.3, -0.25) is 0 Å². The van der Waals surface area contributed by atoms with Crippen molar-refractivity contribution in [2.24, 2.45) is 0 Å². The van der Waals surface area contributed by atoms with E-state index in [9.17, 15) is 22.0 Å². The SMILES string of the molecule is ONCCC(F)(F)C(F)(F)F. The number of halogens is 5. The minimum Gasteiger partial charge on any atom is -0.317 e. The van der Waals surface area contributed by atoms with E-state index in [4.69, 9.17) is 5.21 Å². The molecule has 0 aromatic heterocycles. The Morgan fingerprint density at radius 1 is 1.09 bits per heavy atom. The molecule has 11 heavy (non-hydrogen) atoms. The van der Waals surface area contributed by atoms with Crippen molar-refractivity contribution < 1.29 is 27.2 Å². The number of hydrogen-bond donors (Lipinski definition) is 2. The average Bonchev–Trinajstić information content (AvgIpc) is 1.81. The summed E-state index contributed by atoms with van der Waals surface area (Å²) in [4.78, 5) is 0. The molecule has 0 atom stereocenters. The van der Waals surface area contributed by atoms with Gasteiger partial charge in [0.05, 0.1) is 0 Å². The van der Waals surface area contributed by atoms with Crippen LogP contribution in [0.4, 0.5) is 22.0 Å². The van der Waals surface area contributed by atoms with Gasteiger partial charge in [-0.2, -0.15) is 22.0 Å². The van der Waals surface area contributed by atoms with Crippen molar-refractivity contribution in [3.63, 3.8) is 0 Å². The van der Waals surface area contributed by atoms with Crippen molar-refractivity contribution in [1.29, 1.82) is 0 Å². The molecular formula is C4H6F5NO. The van der Waals surface area contributed by atoms with E-state index < -0.39 is 25.1 Å². The van der Waals surface area contributed by atoms with E-state index in [0.717, 1.165) is 0 Å². The highest BCUT2D eigenvalue weighted by atomic mass is 19.4. The van der Waals surface area contributed by atoms with Gasteiger partial charge in [0.1, 0.15) is 0 Å². The first-order chi connectivity index (χ1) is 4.81. The lowest BCUT2D eigenvalue weighted by Gasteiger charge is -2.18. The molecule has 0 rings (SSSR count). The van der Waals surface area contributed by atoms with E-state index in [-0.39, 0.29) is 0 Å². The third-order valence-corrected chi connectivity index (χ3v) is 0.966. The maximum atomic E-state index is 11.8. The highest BCUT2D eigenvalue weighted by Gasteiger charge is 2.56. The molecule has 0 aliphatic heterocycles. The van der Waals surface area contributed by atoms with Crippen molar-refractivity contribution in [3.05, 3.63) is 0 Å². The highest BCUT2D eigenvalue weighted by Crippen LogP contribution is 2.37. The summed E-state index contributed by atoms with van der Waals surface area (Å²) in [7, 11) is 0. The molecule has 0 aliphatic rings. The van der Waals surface area contributed by atoms with Crippen LogP contribution in [0.25, 0.3) is 0 Å². The zero-order valence-corrected chi connectivity index (χ0v) is 5.25. The quantitative estimate of drug-likeness (QED) is 0.508. The van der Waals surface area contributed by atoms with Gasteiger partial charge in [0.15, 0.2) is 0 Å². The lowest BCUT2D eigenvalue weighted by Crippen LogP contribution is -2.38. The van der Waals surface area contributed by atoms with Gasteiger partial charge in [0, 0.05) is 13.0 Å². The van der Waals surface area contributed by atoms with Crippen LogP contribution < -0.4 is 5.48 Å². The summed E-state index contributed by atoms with van der Waals surface area (Å²) in [5, 5.41) is 7.74. The Balaban J connectivity index is 4.00. The molecule has 0 fully saturated rings. The Kier molecular flexibility index (Phi) is 3.18. The molecule has 0 saturated heterocycles. The summed E-state index contributed by atoms with van der Waals surface area (Å²) < 4.78 is 57.6. The molecule has 0 aromatic rings. The fraction of sp³-hybridized carbons (Fsp3) is 1.00. The number of alkyl halides is 5. The van der Waals surface area contributed by atoms with E-state index in [2.05, 4.69) is 0 Å². The summed E-state index contributed by atoms with van der Waals surface area (Å²) in [6.07, 6.45) is -7.00. The molecule has 7 heteroatoms. The minimum absolute atomic E-state index is 0.799. The number of hydroxylamine groups is 1. The molecule has 0 aliphatic carbocycles. The summed E-state index contributed by atoms with van der Waals surface area (Å²) in [6.45, 7) is -0.799. The van der Waals surface area contributed by atoms with E-state index in [1.54, 1.807) is 0 Å². The molecule has 68 valence electrons. The predicted molar refractivity (Wildman–Crippen MR) is 25.4 cm³/mol. The lowest BCUT2D eigenvalue weighted by atomic mass is 10.2. The molecule has 0 saturated carbocycles. The summed E-state index contributed by atoms with van der Waals surface area (Å²) in [6, 6.07) is 0. The monoisotopic (exact) mass is 179 g/mol. The Labute approximate surface area is 59.0 Å². The average molecular weight is 179 g/mol. The van der Waals surface area contributed by atoms with E-state index in [0.29, 0.717) is 0 Å². The standard InChI is InChI=1S/C4H6F5NO/c5-3(6,1-2-10-11)4(7,8)9/h10-11H,1-2H2. The normalized spacial score (nSPS) is 13.6. The van der Waals surface area contributed by atoms with Crippen LogP contribution in [0.15, 0.2) is 0 Å². The van der Waals surface area contributed by atoms with Crippen molar-refractivity contribution in [2.75, 3.05) is 6.54 Å². The predicted octanol–water partition coefficient (Wildman–Crippen LogP) is 1.55. The Morgan fingerprint density at radius 2 is 1.55 bits per heavy atom. The molecule has 0 radical (unpaired) electrons. The first-order valence-corrected chi connectivity index (χ1v) is 2.63. The molecule has 0 aromatic carbocycles. The first kappa shape index (κ1) is 10.6. The molecule has 2 N–H and O–H groups in total. The maximum absolute atomic E-state index is 11.8. The fourth-order valence-corrected chi connectivity index (χ4v) is 0.355. The van der Waals surface area contributed by atoms with Gasteiger partial charge in [-0.15, -0.1) is 0 Å². The van der Waals surface area contributed by atoms with Gasteiger partial charge in [-0.05, 0) is 0 Å². The van der Waals surface area contributed by atoms with Gasteiger partial charge >= 0.3 is 12.1 Å². The zero-order chi connectivity index (χ0) is 9.12. The first-order valence-electron chi connectivity index (χ1n) is 2.63. The Hall–Kier alpha value is -0.430. The van der Waals surface area contributed by atoms with Crippen LogP contribution in [0.2, 0.25) is 0 Å². The van der Waals surface area contributed by atoms with Gasteiger partial charge in [-0.1, -0.05) is 0 Å². The van der Waals surface area contributed by atoms with Crippen LogP contribution in [0.3, 0.4) is 0 Å². The minimum atomic E-state index is -5.54. The van der Waals surface area contributed by atoms with Crippen molar-refractivity contribution in [3.8, 4) is 0 Å². The van der Waals surface area contributed by atoms with Gasteiger partial charge in [0.25, 0.3) is 0 Å². The smallest absolute Gasteiger partial charge is 0.317 e. The van der Waals surface area contributed by atoms with Crippen LogP contribution in [-0.4, -0.2) is 23.9 Å². The second kappa shape index (κ2) is 3.31. The van der Waals surface area contributed by atoms with Crippen LogP contribution in [0.1, 0.15) is 6.42 Å². The lowest BCUT2D eigenvalue weighted by molar-refractivity contribution is -0.284. The van der Waals surface area contributed by atoms with Crippen molar-refractivity contribution in [1.82, 2.24) is 5.48 Å². The van der Waals surface area contributed by atoms with E-state index in [1.807, 2.05) is 0 Å². The third kappa shape index (κ3) is 2.98. The third-order valence-electron chi connectivity index (χ3n) is 0.966. The summed E-state index contributed by atoms with van der Waals surface area (Å²) in [5.41, 5.74) is 1.22. The largest absolute Gasteiger partial charge is 0.453 e. The highest BCUT2D eigenvalue weighted by molar-refractivity contribution is 4.75. The molecule has 0 heterocycles. The van der Waals surface area contributed by atoms with Crippen molar-refractivity contribution in [2.45, 2.75) is 18.5 Å². The molecule has 0 unspecified atom stereocenters. The second-order valence-electron chi connectivity index (χ2n) is 1.86. The molecule has 0 amide bonds. The van der Waals surface area contributed by atoms with Crippen molar-refractivity contribution >= 4 is 0 Å². The van der Waals surface area contributed by atoms with E-state index in [1.165, 1.54) is 5.48 Å². The molecular weight excluding hydrogens is 173 g/mol. The van der Waals surface area contributed by atoms with E-state index >= 15 is 0 Å². The number of rotatable bonds is 3. The topological polar surface area (TPSA) is 32.3 Å². The Bertz CT molecular complexity index is 122. The van der Waals surface area contributed by atoms with Gasteiger partial charge in [0.2, 0.25) is 0 Å².